The van der Waals surface area contributed by atoms with E-state index in [1.54, 1.807) is 31.2 Å². The van der Waals surface area contributed by atoms with E-state index < -0.39 is 11.2 Å². The summed E-state index contributed by atoms with van der Waals surface area (Å²) in [4.78, 5) is 17.9. The van der Waals surface area contributed by atoms with Gasteiger partial charge in [-0.25, -0.2) is 13.1 Å². The predicted molar refractivity (Wildman–Crippen MR) is 138 cm³/mol. The van der Waals surface area contributed by atoms with Crippen LogP contribution < -0.4 is 5.73 Å². The zero-order valence-electron chi connectivity index (χ0n) is 21.2. The Balaban J connectivity index is -0.000000419. The molecule has 0 aromatic heterocycles. The molecule has 0 spiro atoms. The number of carbonyl (C=O) groups excluding carboxylic acids is 1. The molecule has 2 aromatic rings. The fourth-order valence-electron chi connectivity index (χ4n) is 1.77. The van der Waals surface area contributed by atoms with Gasteiger partial charge in [0.15, 0.2) is 5.78 Å². The van der Waals surface area contributed by atoms with Gasteiger partial charge in [0.25, 0.3) is 5.54 Å². The fourth-order valence-corrected chi connectivity index (χ4v) is 1.77. The summed E-state index contributed by atoms with van der Waals surface area (Å²) in [6, 6.07) is 19.1. The molecule has 0 bridgehead atoms. The van der Waals surface area contributed by atoms with Crippen molar-refractivity contribution in [3.8, 4) is 0 Å². The van der Waals surface area contributed by atoms with Gasteiger partial charge in [0.2, 0.25) is 0 Å². The summed E-state index contributed by atoms with van der Waals surface area (Å²) in [5.74, 6) is -0.108. The smallest absolute Gasteiger partial charge is 0.303 e. The molecule has 2 rings (SSSR count). The third kappa shape index (κ3) is 18.3. The van der Waals surface area contributed by atoms with Gasteiger partial charge >= 0.3 is 5.66 Å². The largest absolute Gasteiger partial charge is 0.388 e. The van der Waals surface area contributed by atoms with Gasteiger partial charge in [0.05, 0.1) is 6.42 Å². The van der Waals surface area contributed by atoms with Crippen molar-refractivity contribution in [3.05, 3.63) is 94.6 Å². The molecule has 2 unspecified atom stereocenters. The molecule has 182 valence electrons. The van der Waals surface area contributed by atoms with Crippen molar-refractivity contribution in [1.29, 1.82) is 0 Å². The molecule has 0 aliphatic rings. The Hall–Kier alpha value is -3.03. The molecule has 0 saturated heterocycles. The Kier molecular flexibility index (Phi) is 21.8. The summed E-state index contributed by atoms with van der Waals surface area (Å²) in [6.45, 7) is 25.8. The lowest BCUT2D eigenvalue weighted by molar-refractivity contribution is 0.0942. The van der Waals surface area contributed by atoms with Crippen LogP contribution >= 0.6 is 0 Å². The summed E-state index contributed by atoms with van der Waals surface area (Å²) in [6.07, 6.45) is 0.0526. The first-order valence-electron chi connectivity index (χ1n) is 11.0. The SMILES string of the molecule is CC.CC.Cc1ccccc1.[C-]#[N+]C(C)(CO)CC(=O)c1ccccc1.[C-]#[N+]C(C)(N)CO. The molecule has 4 N–H and O–H groups in total. The third-order valence-electron chi connectivity index (χ3n) is 3.76. The second kappa shape index (κ2) is 20.8. The van der Waals surface area contributed by atoms with Crippen molar-refractivity contribution in [2.24, 2.45) is 5.73 Å². The van der Waals surface area contributed by atoms with Crippen LogP contribution in [0.1, 0.15) is 63.9 Å². The number of ketones is 1. The van der Waals surface area contributed by atoms with E-state index in [9.17, 15) is 4.79 Å². The maximum absolute atomic E-state index is 11.7. The average Bonchev–Trinajstić information content (AvgIpc) is 2.88. The van der Waals surface area contributed by atoms with Crippen molar-refractivity contribution >= 4 is 5.78 Å². The molecule has 0 heterocycles. The number of Topliss-reactive ketones (excluding diaryl/α,β-unsaturated/α-hetero) is 1. The molecule has 6 heteroatoms. The van der Waals surface area contributed by atoms with Crippen LogP contribution in [0.5, 0.6) is 0 Å². The van der Waals surface area contributed by atoms with Crippen molar-refractivity contribution in [2.75, 3.05) is 13.2 Å². The quantitative estimate of drug-likeness (QED) is 0.407. The first-order valence-corrected chi connectivity index (χ1v) is 11.0. The number of benzene rings is 2. The van der Waals surface area contributed by atoms with Crippen molar-refractivity contribution in [1.82, 2.24) is 0 Å². The number of aliphatic hydroxyl groups excluding tert-OH is 2. The van der Waals surface area contributed by atoms with E-state index >= 15 is 0 Å². The standard InChI is InChI=1S/C12H13NO2.C7H8.C4H8N2O.2C2H6/c1-12(9-14,13-2)8-11(15)10-6-4-3-5-7-10;1-7-5-3-2-4-6-7;1-4(5,3-7)6-2;2*1-2/h3-7,14H,8-9H2,1H3;2-6H,1H3;7H,3,5H2,1H3;2*1-2H3. The first-order chi connectivity index (χ1) is 15.6. The molecule has 0 aliphatic heterocycles. The Bertz CT molecular complexity index is 810. The number of hydrogen-bond acceptors (Lipinski definition) is 4. The maximum Gasteiger partial charge on any atom is 0.303 e. The molecule has 0 amide bonds. The number of aliphatic hydroxyl groups is 2. The van der Waals surface area contributed by atoms with Gasteiger partial charge in [0.1, 0.15) is 13.2 Å². The molecule has 33 heavy (non-hydrogen) atoms. The van der Waals surface area contributed by atoms with E-state index in [2.05, 4.69) is 28.7 Å². The van der Waals surface area contributed by atoms with Crippen LogP contribution in [0.15, 0.2) is 60.7 Å². The minimum atomic E-state index is -1.07. The van der Waals surface area contributed by atoms with Crippen LogP contribution in [-0.2, 0) is 0 Å². The van der Waals surface area contributed by atoms with E-state index in [-0.39, 0.29) is 25.4 Å². The number of hydrogen-bond donors (Lipinski definition) is 3. The molecular formula is C27H41N3O3. The number of nitrogens with two attached hydrogens (primary N) is 1. The molecule has 6 nitrogen and oxygen atoms in total. The summed E-state index contributed by atoms with van der Waals surface area (Å²) >= 11 is 0. The number of carbonyl (C=O) groups is 1. The Morgan fingerprint density at radius 2 is 1.27 bits per heavy atom. The minimum absolute atomic E-state index is 0.0526. The van der Waals surface area contributed by atoms with E-state index in [0.717, 1.165) is 0 Å². The van der Waals surface area contributed by atoms with E-state index in [0.29, 0.717) is 5.56 Å². The lowest BCUT2D eigenvalue weighted by Gasteiger charge is -2.12. The summed E-state index contributed by atoms with van der Waals surface area (Å²) in [5.41, 5.74) is 4.95. The van der Waals surface area contributed by atoms with Crippen molar-refractivity contribution < 1.29 is 15.0 Å². The van der Waals surface area contributed by atoms with Gasteiger partial charge < -0.3 is 15.1 Å². The van der Waals surface area contributed by atoms with E-state index in [1.807, 2.05) is 52.0 Å². The van der Waals surface area contributed by atoms with Crippen LogP contribution in [0.2, 0.25) is 0 Å². The molecular weight excluding hydrogens is 414 g/mol. The second-order valence-corrected chi connectivity index (χ2v) is 7.01. The van der Waals surface area contributed by atoms with Crippen molar-refractivity contribution in [2.45, 2.75) is 66.1 Å². The molecule has 2 atom stereocenters. The summed E-state index contributed by atoms with van der Waals surface area (Å²) < 4.78 is 0. The first kappa shape index (κ1) is 34.6. The third-order valence-corrected chi connectivity index (χ3v) is 3.76. The van der Waals surface area contributed by atoms with Crippen molar-refractivity contribution in [3.63, 3.8) is 0 Å². The average molecular weight is 456 g/mol. The normalized spacial score (nSPS) is 12.2. The van der Waals surface area contributed by atoms with Gasteiger partial charge in [-0.15, -0.1) is 0 Å². The highest BCUT2D eigenvalue weighted by Crippen LogP contribution is 2.18. The van der Waals surface area contributed by atoms with Gasteiger partial charge in [-0.3, -0.25) is 15.4 Å². The lowest BCUT2D eigenvalue weighted by atomic mass is 9.94. The zero-order valence-corrected chi connectivity index (χ0v) is 21.2. The van der Waals surface area contributed by atoms with Crippen LogP contribution in [0.3, 0.4) is 0 Å². The van der Waals surface area contributed by atoms with Crippen LogP contribution in [0.25, 0.3) is 9.69 Å². The molecule has 0 fully saturated rings. The summed E-state index contributed by atoms with van der Waals surface area (Å²) in [7, 11) is 0. The van der Waals surface area contributed by atoms with Crippen LogP contribution in [0, 0.1) is 20.1 Å². The van der Waals surface area contributed by atoms with Gasteiger partial charge in [-0.1, -0.05) is 93.9 Å². The highest BCUT2D eigenvalue weighted by molar-refractivity contribution is 5.96. The monoisotopic (exact) mass is 455 g/mol. The Morgan fingerprint density at radius 1 is 0.848 bits per heavy atom. The highest BCUT2D eigenvalue weighted by atomic mass is 16.3. The second-order valence-electron chi connectivity index (χ2n) is 7.01. The Labute approximate surface area is 200 Å². The topological polar surface area (TPSA) is 92.3 Å². The fraction of sp³-hybridized carbons (Fsp3) is 0.444. The zero-order chi connectivity index (χ0) is 26.3. The van der Waals surface area contributed by atoms with Gasteiger partial charge in [-0.2, -0.15) is 0 Å². The molecule has 0 saturated carbocycles. The number of nitrogens with zero attached hydrogens (tertiary/aromatic N) is 2. The van der Waals surface area contributed by atoms with Crippen LogP contribution in [-0.4, -0.2) is 40.4 Å². The van der Waals surface area contributed by atoms with Gasteiger partial charge in [-0.05, 0) is 6.92 Å². The van der Waals surface area contributed by atoms with E-state index in [4.69, 9.17) is 29.1 Å². The van der Waals surface area contributed by atoms with Crippen LogP contribution in [0.4, 0.5) is 0 Å². The van der Waals surface area contributed by atoms with Gasteiger partial charge in [0, 0.05) is 19.4 Å². The Morgan fingerprint density at radius 3 is 1.52 bits per heavy atom. The summed E-state index contributed by atoms with van der Waals surface area (Å²) in [5, 5.41) is 17.3. The van der Waals surface area contributed by atoms with E-state index in [1.165, 1.54) is 12.5 Å². The minimum Gasteiger partial charge on any atom is -0.388 e. The highest BCUT2D eigenvalue weighted by Gasteiger charge is 2.32. The molecule has 2 aromatic carbocycles. The number of rotatable bonds is 5. The predicted octanol–water partition coefficient (Wildman–Crippen LogP) is 5.55. The number of aryl methyl sites for hydroxylation is 1. The maximum atomic E-state index is 11.7. The molecule has 0 aliphatic carbocycles. The molecule has 0 radical (unpaired) electrons. The lowest BCUT2D eigenvalue weighted by Crippen LogP contribution is -2.35.